The van der Waals surface area contributed by atoms with Gasteiger partial charge in [0.2, 0.25) is 11.8 Å². The fraction of sp³-hybridized carbons (Fsp3) is 0.107. The summed E-state index contributed by atoms with van der Waals surface area (Å²) in [6.45, 7) is -0.0903. The summed E-state index contributed by atoms with van der Waals surface area (Å²) in [4.78, 5) is 29.8. The predicted octanol–water partition coefficient (Wildman–Crippen LogP) is 3.60. The zero-order chi connectivity index (χ0) is 25.2. The highest BCUT2D eigenvalue weighted by molar-refractivity contribution is 6.14. The van der Waals surface area contributed by atoms with Crippen molar-refractivity contribution >= 4 is 22.5 Å². The van der Waals surface area contributed by atoms with Crippen molar-refractivity contribution in [3.63, 3.8) is 0 Å². The zero-order valence-corrected chi connectivity index (χ0v) is 19.2. The van der Waals surface area contributed by atoms with Crippen LogP contribution in [0.4, 0.5) is 10.1 Å². The highest BCUT2D eigenvalue weighted by atomic mass is 19.1. The highest BCUT2D eigenvalue weighted by Crippen LogP contribution is 2.55. The van der Waals surface area contributed by atoms with Crippen LogP contribution in [-0.2, 0) is 23.8 Å². The third-order valence-electron chi connectivity index (χ3n) is 7.03. The maximum atomic E-state index is 14.6. The lowest BCUT2D eigenvalue weighted by Gasteiger charge is -2.34. The van der Waals surface area contributed by atoms with Crippen LogP contribution in [0, 0.1) is 17.1 Å². The highest BCUT2D eigenvalue weighted by Gasteiger charge is 2.61. The summed E-state index contributed by atoms with van der Waals surface area (Å²) in [6.07, 6.45) is 0. The number of nitrogens with zero attached hydrogens (tertiary/aromatic N) is 3. The van der Waals surface area contributed by atoms with E-state index >= 15 is 0 Å². The fourth-order valence-corrected chi connectivity index (χ4v) is 5.40. The molecule has 1 amide bonds. The Balaban J connectivity index is 1.73. The molecule has 6 rings (SSSR count). The Morgan fingerprint density at radius 1 is 1.03 bits per heavy atom. The number of ether oxygens (including phenoxy) is 1. The van der Waals surface area contributed by atoms with Crippen molar-refractivity contribution in [3.05, 3.63) is 117 Å². The largest absolute Gasteiger partial charge is 0.439 e. The monoisotopic (exact) mass is 478 g/mol. The number of nitrogens with two attached hydrogens (primary N) is 1. The van der Waals surface area contributed by atoms with Gasteiger partial charge in [0.1, 0.15) is 23.2 Å². The van der Waals surface area contributed by atoms with Crippen LogP contribution in [0.3, 0.4) is 0 Å². The summed E-state index contributed by atoms with van der Waals surface area (Å²) < 4.78 is 22.0. The number of para-hydroxylation sites is 2. The molecule has 0 radical (unpaired) electrons. The van der Waals surface area contributed by atoms with Crippen molar-refractivity contribution in [3.8, 4) is 11.8 Å². The maximum absolute atomic E-state index is 14.6. The Morgan fingerprint density at radius 3 is 2.50 bits per heavy atom. The molecule has 3 heterocycles. The molecule has 4 aromatic rings. The number of hydrogen-bond donors (Lipinski definition) is 1. The number of carbonyl (C=O) groups is 1. The minimum absolute atomic E-state index is 0.0166. The second kappa shape index (κ2) is 7.55. The van der Waals surface area contributed by atoms with Gasteiger partial charge in [-0.2, -0.15) is 5.26 Å². The van der Waals surface area contributed by atoms with E-state index in [1.54, 1.807) is 73.8 Å². The molecule has 1 spiro atoms. The maximum Gasteiger partial charge on any atom is 0.259 e. The molecule has 36 heavy (non-hydrogen) atoms. The third kappa shape index (κ3) is 2.59. The van der Waals surface area contributed by atoms with Crippen LogP contribution in [0.5, 0.6) is 5.75 Å². The van der Waals surface area contributed by atoms with Crippen molar-refractivity contribution < 1.29 is 13.9 Å². The first-order chi connectivity index (χ1) is 17.4. The SMILES string of the molecule is Cn1c(=O)c2c(c3ccccc31)OC(N)=C(C#N)[C@@]21C(=O)N(Cc2ccccc2F)c2ccccc21. The number of rotatable bonds is 2. The number of amides is 1. The van der Waals surface area contributed by atoms with E-state index in [2.05, 4.69) is 0 Å². The molecule has 2 aliphatic rings. The van der Waals surface area contributed by atoms with E-state index in [1.807, 2.05) is 6.07 Å². The molecule has 1 atom stereocenters. The molecule has 7 nitrogen and oxygen atoms in total. The van der Waals surface area contributed by atoms with Gasteiger partial charge in [0.15, 0.2) is 5.41 Å². The summed E-state index contributed by atoms with van der Waals surface area (Å²) in [5, 5.41) is 10.8. The van der Waals surface area contributed by atoms with Gasteiger partial charge in [0, 0.05) is 29.2 Å². The molecule has 0 fully saturated rings. The number of benzene rings is 3. The summed E-state index contributed by atoms with van der Waals surface area (Å²) >= 11 is 0. The summed E-state index contributed by atoms with van der Waals surface area (Å²) in [5.74, 6) is -1.14. The van der Waals surface area contributed by atoms with E-state index in [0.717, 1.165) is 0 Å². The molecule has 3 aromatic carbocycles. The Kier molecular flexibility index (Phi) is 4.53. The smallest absolute Gasteiger partial charge is 0.259 e. The lowest BCUT2D eigenvalue weighted by Crippen LogP contribution is -2.49. The molecular formula is C28H19FN4O3. The number of nitriles is 1. The van der Waals surface area contributed by atoms with Crippen LogP contribution in [0.2, 0.25) is 0 Å². The molecule has 2 N–H and O–H groups in total. The first kappa shape index (κ1) is 21.6. The molecule has 0 aliphatic carbocycles. The van der Waals surface area contributed by atoms with Gasteiger partial charge in [-0.1, -0.05) is 48.5 Å². The van der Waals surface area contributed by atoms with Gasteiger partial charge in [-0.15, -0.1) is 0 Å². The predicted molar refractivity (Wildman–Crippen MR) is 131 cm³/mol. The normalized spacial score (nSPS) is 18.2. The number of aromatic nitrogens is 1. The van der Waals surface area contributed by atoms with Crippen molar-refractivity contribution in [2.75, 3.05) is 4.90 Å². The first-order valence-electron chi connectivity index (χ1n) is 11.3. The van der Waals surface area contributed by atoms with Crippen LogP contribution in [0.25, 0.3) is 10.9 Å². The van der Waals surface area contributed by atoms with Crippen molar-refractivity contribution in [1.82, 2.24) is 4.57 Å². The second-order valence-corrected chi connectivity index (χ2v) is 8.79. The standard InChI is InChI=1S/C28H19FN4O3/c1-32-21-12-6-3-9-17(21)24-23(26(32)34)28(19(14-30)25(31)36-24)18-10-4-7-13-22(18)33(27(28)35)15-16-8-2-5-11-20(16)29/h2-13H,15,31H2,1H3/t28-/m1/s1. The molecule has 1 aromatic heterocycles. The second-order valence-electron chi connectivity index (χ2n) is 8.79. The average Bonchev–Trinajstić information content (AvgIpc) is 3.12. The number of halogens is 1. The lowest BCUT2D eigenvalue weighted by atomic mass is 9.69. The van der Waals surface area contributed by atoms with Crippen LogP contribution in [-0.4, -0.2) is 10.5 Å². The number of anilines is 1. The molecular weight excluding hydrogens is 459 g/mol. The third-order valence-corrected chi connectivity index (χ3v) is 7.03. The van der Waals surface area contributed by atoms with Gasteiger partial charge >= 0.3 is 0 Å². The van der Waals surface area contributed by atoms with E-state index in [9.17, 15) is 19.2 Å². The van der Waals surface area contributed by atoms with E-state index in [-0.39, 0.29) is 29.3 Å². The van der Waals surface area contributed by atoms with Gasteiger partial charge in [0.05, 0.1) is 17.6 Å². The van der Waals surface area contributed by atoms with E-state index < -0.39 is 22.7 Å². The molecule has 8 heteroatoms. The fourth-order valence-electron chi connectivity index (χ4n) is 5.40. The Bertz CT molecular complexity index is 1750. The number of carbonyl (C=O) groups excluding carboxylic acids is 1. The zero-order valence-electron chi connectivity index (χ0n) is 19.2. The van der Waals surface area contributed by atoms with E-state index in [4.69, 9.17) is 10.5 Å². The Labute approximate surface area is 205 Å². The number of pyridine rings is 1. The van der Waals surface area contributed by atoms with Crippen molar-refractivity contribution in [1.29, 1.82) is 5.26 Å². The van der Waals surface area contributed by atoms with Crippen LogP contribution in [0.1, 0.15) is 16.7 Å². The van der Waals surface area contributed by atoms with Crippen LogP contribution >= 0.6 is 0 Å². The summed E-state index contributed by atoms with van der Waals surface area (Å²) in [7, 11) is 1.61. The Morgan fingerprint density at radius 2 is 1.72 bits per heavy atom. The van der Waals surface area contributed by atoms with Gasteiger partial charge in [-0.3, -0.25) is 9.59 Å². The topological polar surface area (TPSA) is 101 Å². The van der Waals surface area contributed by atoms with Gasteiger partial charge in [-0.05, 0) is 24.3 Å². The molecule has 0 unspecified atom stereocenters. The first-order valence-corrected chi connectivity index (χ1v) is 11.3. The van der Waals surface area contributed by atoms with Crippen molar-refractivity contribution in [2.45, 2.75) is 12.0 Å². The van der Waals surface area contributed by atoms with Crippen LogP contribution < -0.4 is 20.9 Å². The average molecular weight is 478 g/mol. The number of aryl methyl sites for hydroxylation is 1. The minimum Gasteiger partial charge on any atom is -0.439 e. The number of fused-ring (bicyclic) bond motifs is 6. The van der Waals surface area contributed by atoms with Gasteiger partial charge in [0.25, 0.3) is 5.56 Å². The van der Waals surface area contributed by atoms with E-state index in [1.165, 1.54) is 15.5 Å². The molecule has 0 bridgehead atoms. The van der Waals surface area contributed by atoms with Crippen molar-refractivity contribution in [2.24, 2.45) is 12.8 Å². The molecule has 0 saturated heterocycles. The molecule has 2 aliphatic heterocycles. The van der Waals surface area contributed by atoms with Crippen LogP contribution in [0.15, 0.2) is 89.0 Å². The quantitative estimate of drug-likeness (QED) is 0.475. The minimum atomic E-state index is -1.84. The van der Waals surface area contributed by atoms with Gasteiger partial charge < -0.3 is 19.9 Å². The van der Waals surface area contributed by atoms with Gasteiger partial charge in [-0.25, -0.2) is 4.39 Å². The molecule has 0 saturated carbocycles. The summed E-state index contributed by atoms with van der Waals surface area (Å²) in [6, 6.07) is 22.2. The summed E-state index contributed by atoms with van der Waals surface area (Å²) in [5.41, 5.74) is 5.57. The lowest BCUT2D eigenvalue weighted by molar-refractivity contribution is -0.121. The number of hydrogen-bond acceptors (Lipinski definition) is 5. The Hall–Kier alpha value is -4.90. The molecule has 176 valence electrons. The van der Waals surface area contributed by atoms with E-state index in [0.29, 0.717) is 27.7 Å².